The van der Waals surface area contributed by atoms with Crippen LogP contribution in [0.4, 0.5) is 0 Å². The Hall–Kier alpha value is 0.480. The Balaban J connectivity index is 3.28. The monoisotopic (exact) mass is 360 g/mol. The summed E-state index contributed by atoms with van der Waals surface area (Å²) in [5, 5.41) is 9.21. The molecular formula is C7H6I2O. The fraction of sp³-hybridized carbons (Fsp3) is 0.143. The summed E-state index contributed by atoms with van der Waals surface area (Å²) in [6.45, 7) is 2.03. The van der Waals surface area contributed by atoms with Crippen LogP contribution in [0.15, 0.2) is 12.1 Å². The normalized spacial score (nSPS) is 9.90. The minimum absolute atomic E-state index is 0.371. The first-order valence-electron chi connectivity index (χ1n) is 2.76. The summed E-state index contributed by atoms with van der Waals surface area (Å²) in [6, 6.07) is 3.75. The van der Waals surface area contributed by atoms with Crippen molar-refractivity contribution >= 4 is 45.2 Å². The molecule has 0 fully saturated rings. The molecule has 0 heterocycles. The highest BCUT2D eigenvalue weighted by atomic mass is 127. The topological polar surface area (TPSA) is 20.2 Å². The molecule has 1 rings (SSSR count). The van der Waals surface area contributed by atoms with E-state index < -0.39 is 0 Å². The summed E-state index contributed by atoms with van der Waals surface area (Å²) in [6.07, 6.45) is 0. The first kappa shape index (κ1) is 8.58. The average molecular weight is 360 g/mol. The van der Waals surface area contributed by atoms with Crippen molar-refractivity contribution in [2.75, 3.05) is 0 Å². The number of hydrogen-bond acceptors (Lipinski definition) is 1. The fourth-order valence-electron chi connectivity index (χ4n) is 0.636. The van der Waals surface area contributed by atoms with Gasteiger partial charge in [0.15, 0.2) is 0 Å². The molecule has 1 aromatic rings. The van der Waals surface area contributed by atoms with Gasteiger partial charge in [0.1, 0.15) is 5.75 Å². The summed E-state index contributed by atoms with van der Waals surface area (Å²) in [4.78, 5) is 0. The highest BCUT2D eigenvalue weighted by Crippen LogP contribution is 2.24. The molecule has 0 unspecified atom stereocenters. The maximum atomic E-state index is 9.21. The van der Waals surface area contributed by atoms with Gasteiger partial charge >= 0.3 is 0 Å². The molecule has 0 radical (unpaired) electrons. The molecule has 10 heavy (non-hydrogen) atoms. The van der Waals surface area contributed by atoms with Crippen molar-refractivity contribution in [3.8, 4) is 5.75 Å². The van der Waals surface area contributed by atoms with Crippen molar-refractivity contribution in [2.24, 2.45) is 0 Å². The molecule has 0 amide bonds. The van der Waals surface area contributed by atoms with Crippen LogP contribution in [0.1, 0.15) is 5.56 Å². The third-order valence-corrected chi connectivity index (χ3v) is 3.25. The van der Waals surface area contributed by atoms with Gasteiger partial charge in [-0.3, -0.25) is 0 Å². The maximum absolute atomic E-state index is 9.21. The van der Waals surface area contributed by atoms with E-state index in [0.717, 1.165) is 7.14 Å². The van der Waals surface area contributed by atoms with E-state index >= 15 is 0 Å². The van der Waals surface area contributed by atoms with Crippen molar-refractivity contribution < 1.29 is 5.11 Å². The lowest BCUT2D eigenvalue weighted by Crippen LogP contribution is -1.81. The largest absolute Gasteiger partial charge is 0.507 e. The first-order valence-corrected chi connectivity index (χ1v) is 4.91. The SMILES string of the molecule is Cc1cc(I)c(O)cc1I. The molecule has 3 heteroatoms. The summed E-state index contributed by atoms with van der Waals surface area (Å²) in [5.41, 5.74) is 1.21. The lowest BCUT2D eigenvalue weighted by molar-refractivity contribution is 0.471. The van der Waals surface area contributed by atoms with Crippen LogP contribution in [0, 0.1) is 14.1 Å². The van der Waals surface area contributed by atoms with Crippen LogP contribution in [0.5, 0.6) is 5.75 Å². The molecule has 0 spiro atoms. The van der Waals surface area contributed by atoms with E-state index in [4.69, 9.17) is 0 Å². The number of hydrogen-bond donors (Lipinski definition) is 1. The van der Waals surface area contributed by atoms with E-state index in [-0.39, 0.29) is 0 Å². The summed E-state index contributed by atoms with van der Waals surface area (Å²) in [5.74, 6) is 0.371. The minimum atomic E-state index is 0.371. The van der Waals surface area contributed by atoms with Gasteiger partial charge in [-0.25, -0.2) is 0 Å². The van der Waals surface area contributed by atoms with Crippen LogP contribution in [-0.2, 0) is 0 Å². The van der Waals surface area contributed by atoms with E-state index in [2.05, 4.69) is 45.2 Å². The van der Waals surface area contributed by atoms with Gasteiger partial charge in [-0.1, -0.05) is 0 Å². The Morgan fingerprint density at radius 2 is 1.80 bits per heavy atom. The summed E-state index contributed by atoms with van der Waals surface area (Å²) in [7, 11) is 0. The number of halogens is 2. The van der Waals surface area contributed by atoms with Crippen LogP contribution in [-0.4, -0.2) is 5.11 Å². The molecule has 0 saturated heterocycles. The molecule has 0 aromatic heterocycles. The van der Waals surface area contributed by atoms with Gasteiger partial charge in [-0.15, -0.1) is 0 Å². The van der Waals surface area contributed by atoms with E-state index in [1.807, 2.05) is 13.0 Å². The smallest absolute Gasteiger partial charge is 0.129 e. The standard InChI is InChI=1S/C7H6I2O/c1-4-2-6(9)7(10)3-5(4)8/h2-3,10H,1H3. The Morgan fingerprint density at radius 1 is 1.20 bits per heavy atom. The number of aryl methyl sites for hydroxylation is 1. The van der Waals surface area contributed by atoms with Crippen molar-refractivity contribution in [1.29, 1.82) is 0 Å². The van der Waals surface area contributed by atoms with Gasteiger partial charge in [0.25, 0.3) is 0 Å². The molecular weight excluding hydrogens is 354 g/mol. The molecule has 0 aliphatic carbocycles. The number of benzene rings is 1. The quantitative estimate of drug-likeness (QED) is 0.706. The summed E-state index contributed by atoms with van der Waals surface area (Å²) >= 11 is 4.32. The van der Waals surface area contributed by atoms with Crippen LogP contribution in [0.2, 0.25) is 0 Å². The second kappa shape index (κ2) is 3.25. The maximum Gasteiger partial charge on any atom is 0.129 e. The third-order valence-electron chi connectivity index (χ3n) is 1.23. The zero-order valence-electron chi connectivity index (χ0n) is 5.36. The number of phenols is 1. The first-order chi connectivity index (χ1) is 4.61. The molecule has 1 nitrogen and oxygen atoms in total. The van der Waals surface area contributed by atoms with E-state index in [1.54, 1.807) is 6.07 Å². The Morgan fingerprint density at radius 3 is 2.30 bits per heavy atom. The van der Waals surface area contributed by atoms with Gasteiger partial charge in [0.05, 0.1) is 3.57 Å². The zero-order chi connectivity index (χ0) is 7.72. The van der Waals surface area contributed by atoms with Crippen LogP contribution in [0.25, 0.3) is 0 Å². The van der Waals surface area contributed by atoms with Gasteiger partial charge in [-0.05, 0) is 69.8 Å². The second-order valence-electron chi connectivity index (χ2n) is 2.05. The van der Waals surface area contributed by atoms with Gasteiger partial charge in [0.2, 0.25) is 0 Å². The van der Waals surface area contributed by atoms with Crippen LogP contribution >= 0.6 is 45.2 Å². The van der Waals surface area contributed by atoms with Gasteiger partial charge in [-0.2, -0.15) is 0 Å². The predicted molar refractivity (Wildman–Crippen MR) is 58.3 cm³/mol. The molecule has 0 saturated carbocycles. The van der Waals surface area contributed by atoms with E-state index in [9.17, 15) is 5.11 Å². The molecule has 0 aliphatic rings. The molecule has 0 aliphatic heterocycles. The van der Waals surface area contributed by atoms with Crippen molar-refractivity contribution in [3.05, 3.63) is 24.8 Å². The summed E-state index contributed by atoms with van der Waals surface area (Å²) < 4.78 is 2.02. The average Bonchev–Trinajstić information content (AvgIpc) is 1.84. The highest BCUT2D eigenvalue weighted by Gasteiger charge is 2.00. The zero-order valence-corrected chi connectivity index (χ0v) is 9.67. The number of phenolic OH excluding ortho intramolecular Hbond substituents is 1. The lowest BCUT2D eigenvalue weighted by atomic mass is 10.2. The molecule has 1 aromatic carbocycles. The third kappa shape index (κ3) is 1.75. The predicted octanol–water partition coefficient (Wildman–Crippen LogP) is 2.91. The molecule has 1 N–H and O–H groups in total. The Bertz CT molecular complexity index is 208. The lowest BCUT2D eigenvalue weighted by Gasteiger charge is -2.00. The van der Waals surface area contributed by atoms with Crippen molar-refractivity contribution in [3.63, 3.8) is 0 Å². The van der Waals surface area contributed by atoms with Crippen LogP contribution < -0.4 is 0 Å². The van der Waals surface area contributed by atoms with Crippen molar-refractivity contribution in [1.82, 2.24) is 0 Å². The van der Waals surface area contributed by atoms with Crippen molar-refractivity contribution in [2.45, 2.75) is 6.92 Å². The van der Waals surface area contributed by atoms with Crippen LogP contribution in [0.3, 0.4) is 0 Å². The number of rotatable bonds is 0. The highest BCUT2D eigenvalue weighted by molar-refractivity contribution is 14.1. The Labute approximate surface area is 87.1 Å². The second-order valence-corrected chi connectivity index (χ2v) is 4.38. The van der Waals surface area contributed by atoms with E-state index in [0.29, 0.717) is 5.75 Å². The van der Waals surface area contributed by atoms with Gasteiger partial charge in [0, 0.05) is 3.57 Å². The molecule has 54 valence electrons. The number of aromatic hydroxyl groups is 1. The molecule has 0 atom stereocenters. The van der Waals surface area contributed by atoms with E-state index in [1.165, 1.54) is 5.56 Å². The minimum Gasteiger partial charge on any atom is -0.507 e. The molecule has 0 bridgehead atoms. The fourth-order valence-corrected chi connectivity index (χ4v) is 1.71. The van der Waals surface area contributed by atoms with Gasteiger partial charge < -0.3 is 5.11 Å². The Kier molecular flexibility index (Phi) is 2.79.